The summed E-state index contributed by atoms with van der Waals surface area (Å²) in [5.41, 5.74) is 0.765. The van der Waals surface area contributed by atoms with Crippen molar-refractivity contribution in [2.45, 2.75) is 115 Å². The fraction of sp³-hybridized carbons (Fsp3) is 0.549. The van der Waals surface area contributed by atoms with E-state index < -0.39 is 103 Å². The summed E-state index contributed by atoms with van der Waals surface area (Å²) in [4.78, 5) is 91.6. The van der Waals surface area contributed by atoms with Gasteiger partial charge in [-0.1, -0.05) is 49.8 Å². The van der Waals surface area contributed by atoms with E-state index >= 15 is 0 Å². The number of rotatable bonds is 18. The summed E-state index contributed by atoms with van der Waals surface area (Å²) >= 11 is 0. The van der Waals surface area contributed by atoms with Gasteiger partial charge in [-0.05, 0) is 123 Å². The van der Waals surface area contributed by atoms with Crippen LogP contribution in [0.3, 0.4) is 0 Å². The third-order valence-electron chi connectivity index (χ3n) is 16.8. The van der Waals surface area contributed by atoms with Crippen LogP contribution >= 0.6 is 0 Å². The molecule has 10 rings (SSSR count). The number of aliphatic hydroxyl groups is 2. The molecular formula is C51H61N5O14. The highest BCUT2D eigenvalue weighted by Crippen LogP contribution is 2.79. The summed E-state index contributed by atoms with van der Waals surface area (Å²) in [6.07, 6.45) is 7.87. The van der Waals surface area contributed by atoms with Crippen molar-refractivity contribution < 1.29 is 67.9 Å². The van der Waals surface area contributed by atoms with E-state index in [9.17, 15) is 43.8 Å². The van der Waals surface area contributed by atoms with Gasteiger partial charge in [0.15, 0.2) is 23.5 Å². The fourth-order valence-electron chi connectivity index (χ4n) is 14.0. The number of Topliss-reactive ketones (excluding diaryl/α,β-unsaturated/α-hetero) is 1. The average Bonchev–Trinajstić information content (AvgIpc) is 3.79. The van der Waals surface area contributed by atoms with Crippen LogP contribution in [0.4, 0.5) is 16.2 Å². The average molecular weight is 968 g/mol. The Morgan fingerprint density at radius 2 is 1.73 bits per heavy atom. The van der Waals surface area contributed by atoms with Crippen molar-refractivity contribution in [2.75, 3.05) is 30.4 Å². The lowest BCUT2D eigenvalue weighted by Crippen LogP contribution is -2.69. The number of benzene rings is 2. The number of carboxylic acids is 1. The molecule has 7 fully saturated rings. The number of nitrogens with one attached hydrogen (secondary N) is 4. The number of ether oxygens (including phenoxy) is 3. The van der Waals surface area contributed by atoms with Gasteiger partial charge < -0.3 is 45.5 Å². The zero-order chi connectivity index (χ0) is 49.8. The summed E-state index contributed by atoms with van der Waals surface area (Å²) in [5, 5.41) is 41.7. The van der Waals surface area contributed by atoms with Gasteiger partial charge in [0, 0.05) is 40.0 Å². The first-order valence-electron chi connectivity index (χ1n) is 24.0. The van der Waals surface area contributed by atoms with Crippen LogP contribution in [0.25, 0.3) is 0 Å². The molecule has 9 N–H and O–H groups in total. The summed E-state index contributed by atoms with van der Waals surface area (Å²) in [6, 6.07) is 12.8. The smallest absolute Gasteiger partial charge is 0.411 e. The van der Waals surface area contributed by atoms with E-state index in [1.54, 1.807) is 42.5 Å². The monoisotopic (exact) mass is 967 g/mol. The number of fused-ring (bicyclic) bond motifs is 7. The van der Waals surface area contributed by atoms with E-state index in [1.165, 1.54) is 0 Å². The molecule has 1 aliphatic heterocycles. The number of aliphatic hydroxyl groups excluding tert-OH is 2. The normalized spacial score (nSPS) is 34.4. The number of hydrogen-bond acceptors (Lipinski definition) is 14. The molecule has 2 aromatic rings. The number of carbonyl (C=O) groups is 7. The van der Waals surface area contributed by atoms with Crippen molar-refractivity contribution >= 4 is 52.7 Å². The summed E-state index contributed by atoms with van der Waals surface area (Å²) < 4.78 is 19.3. The molecule has 2 bridgehead atoms. The number of carboxylic acid groups (broad SMARTS) is 1. The molecule has 374 valence electrons. The van der Waals surface area contributed by atoms with E-state index in [0.29, 0.717) is 29.8 Å². The third kappa shape index (κ3) is 8.74. The number of carbonyl (C=O) groups excluding carboxylic acids is 6. The number of allylic oxidation sites excluding steroid dienone is 4. The minimum atomic E-state index is -1.38. The number of anilines is 2. The second-order valence-electron chi connectivity index (χ2n) is 21.1. The van der Waals surface area contributed by atoms with Crippen LogP contribution in [-0.4, -0.2) is 107 Å². The molecule has 10 atom stereocenters. The van der Waals surface area contributed by atoms with Crippen LogP contribution < -0.4 is 27.2 Å². The van der Waals surface area contributed by atoms with Gasteiger partial charge in [0.25, 0.3) is 0 Å². The van der Waals surface area contributed by atoms with Crippen molar-refractivity contribution in [3.63, 3.8) is 0 Å². The topological polar surface area (TPSA) is 291 Å². The molecule has 0 unspecified atom stereocenters. The maximum atomic E-state index is 14.1. The highest BCUT2D eigenvalue weighted by atomic mass is 16.7. The first kappa shape index (κ1) is 49.2. The van der Waals surface area contributed by atoms with Gasteiger partial charge in [-0.3, -0.25) is 38.9 Å². The van der Waals surface area contributed by atoms with Gasteiger partial charge in [-0.15, -0.1) is 0 Å². The lowest BCUT2D eigenvalue weighted by Gasteiger charge is -2.72. The Hall–Kier alpha value is -5.83. The van der Waals surface area contributed by atoms with E-state index in [-0.39, 0.29) is 47.4 Å². The second-order valence-corrected chi connectivity index (χ2v) is 21.1. The number of nitrogens with two attached hydrogens (primary N) is 1. The van der Waals surface area contributed by atoms with Crippen LogP contribution in [0.5, 0.6) is 0 Å². The molecule has 4 amide bonds. The van der Waals surface area contributed by atoms with E-state index in [1.807, 2.05) is 24.3 Å². The van der Waals surface area contributed by atoms with Crippen molar-refractivity contribution in [2.24, 2.45) is 45.3 Å². The molecular weight excluding hydrogens is 907 g/mol. The van der Waals surface area contributed by atoms with E-state index in [2.05, 4.69) is 40.0 Å². The summed E-state index contributed by atoms with van der Waals surface area (Å²) in [7, 11) is 0. The maximum absolute atomic E-state index is 14.1. The Morgan fingerprint density at radius 1 is 0.971 bits per heavy atom. The molecule has 0 radical (unpaired) electrons. The Kier molecular flexibility index (Phi) is 13.2. The van der Waals surface area contributed by atoms with Crippen molar-refractivity contribution in [3.8, 4) is 0 Å². The molecule has 6 saturated carbocycles. The Labute approximate surface area is 404 Å². The molecule has 70 heavy (non-hydrogen) atoms. The van der Waals surface area contributed by atoms with Gasteiger partial charge in [0.1, 0.15) is 25.9 Å². The van der Waals surface area contributed by atoms with Crippen molar-refractivity contribution in [1.82, 2.24) is 10.6 Å². The minimum Gasteiger partial charge on any atom is -0.481 e. The van der Waals surface area contributed by atoms with Gasteiger partial charge >= 0.3 is 12.1 Å². The Morgan fingerprint density at radius 3 is 2.44 bits per heavy atom. The number of hydrogen-bond donors (Lipinski definition) is 8. The quantitative estimate of drug-likeness (QED) is 0.0994. The number of aliphatic carboxylic acids is 1. The highest BCUT2D eigenvalue weighted by molar-refractivity contribution is 6.01. The third-order valence-corrected chi connectivity index (χ3v) is 16.8. The molecule has 1 saturated heterocycles. The number of amides is 4. The lowest BCUT2D eigenvalue weighted by molar-refractivity contribution is -0.323. The largest absolute Gasteiger partial charge is 0.481 e. The molecule has 8 aliphatic rings. The molecule has 0 aromatic heterocycles. The molecule has 7 aliphatic carbocycles. The number of ketones is 2. The molecule has 2 aromatic carbocycles. The molecule has 0 spiro atoms. The molecule has 19 nitrogen and oxygen atoms in total. The maximum Gasteiger partial charge on any atom is 0.411 e. The lowest BCUT2D eigenvalue weighted by atomic mass is 9.33. The summed E-state index contributed by atoms with van der Waals surface area (Å²) in [6.45, 7) is 2.45. The summed E-state index contributed by atoms with van der Waals surface area (Å²) in [5.74, 6) is 1.20. The second kappa shape index (κ2) is 18.7. The van der Waals surface area contributed by atoms with Crippen molar-refractivity contribution in [3.05, 3.63) is 83.5 Å². The van der Waals surface area contributed by atoms with Crippen LogP contribution in [-0.2, 0) is 60.8 Å². The fourth-order valence-corrected chi connectivity index (χ4v) is 14.0. The zero-order valence-electron chi connectivity index (χ0n) is 39.2. The zero-order valence-corrected chi connectivity index (χ0v) is 39.2. The predicted molar refractivity (Wildman–Crippen MR) is 248 cm³/mol. The standard InChI is InChI=1S/C51H61N5O14/c1-47-15-14-33(58)17-30(47)8-11-34-35-18-39-51(38(60)22-57,48(35,2)20-37(59)43(34)47)70-45(69-39)50-25-49(26-50,27-50)19-29-4-3-5-32(16-29)55-46(66)67-23-28-6-9-31(10-7-28)54-44(65)36(12-13-42(63)64)56-40(61)21-53-41(62)24-68-52/h3-7,9-10,14-17,34-37,39,43,45,57,59H,8,11-13,18-27,52H2,1-2H3,(H,53,62)(H,54,65)(H,55,66)(H,56,61)(H,63,64)/t34-,35-,36-,37-,39+,43+,45-,47-,48-,49?,50?,51+/m0/s1. The first-order valence-corrected chi connectivity index (χ1v) is 24.0. The van der Waals surface area contributed by atoms with Crippen LogP contribution in [0.1, 0.15) is 82.8 Å². The first-order chi connectivity index (χ1) is 33.3. The highest BCUT2D eigenvalue weighted by Gasteiger charge is 2.80. The van der Waals surface area contributed by atoms with Gasteiger partial charge in [-0.2, -0.15) is 0 Å². The minimum absolute atomic E-state index is 0.00864. The molecule has 1 heterocycles. The Balaban J connectivity index is 0.759. The van der Waals surface area contributed by atoms with Crippen LogP contribution in [0, 0.1) is 39.4 Å². The van der Waals surface area contributed by atoms with E-state index in [4.69, 9.17) is 25.2 Å². The predicted octanol–water partition coefficient (Wildman–Crippen LogP) is 3.37. The van der Waals surface area contributed by atoms with Crippen LogP contribution in [0.2, 0.25) is 0 Å². The van der Waals surface area contributed by atoms with E-state index in [0.717, 1.165) is 49.7 Å². The van der Waals surface area contributed by atoms with Gasteiger partial charge in [0.2, 0.25) is 17.7 Å². The van der Waals surface area contributed by atoms with Gasteiger partial charge in [-0.25, -0.2) is 10.7 Å². The van der Waals surface area contributed by atoms with Gasteiger partial charge in [0.05, 0.1) is 18.8 Å². The Bertz CT molecular complexity index is 2510. The molecule has 19 heteroatoms. The SMILES string of the molecule is C[C@]12C=CC(=O)C=C1CC[C@@H]1[C@@H]2[C@@H](O)C[C@@]2(C)[C@H]1C[C@H]1O[C@H](C34CC(Cc5cccc(NC(=O)OCc6ccc(NC(=O)[C@H](CCC(=O)O)NC(=O)CNC(=O)CON)cc6)c5)(C3)C4)O[C@]12C(=O)CO. The van der Waals surface area contributed by atoms with Crippen LogP contribution in [0.15, 0.2) is 72.3 Å². The van der Waals surface area contributed by atoms with Crippen molar-refractivity contribution in [1.29, 1.82) is 0 Å².